The first-order valence-electron chi connectivity index (χ1n) is 11.4. The first kappa shape index (κ1) is 27.6. The number of carboxylic acid groups (broad SMARTS) is 1. The van der Waals surface area contributed by atoms with E-state index in [-0.39, 0.29) is 18.6 Å². The molecule has 0 radical (unpaired) electrons. The van der Waals surface area contributed by atoms with Crippen molar-refractivity contribution in [2.75, 3.05) is 27.7 Å². The van der Waals surface area contributed by atoms with Gasteiger partial charge in [-0.1, -0.05) is 71.1 Å². The van der Waals surface area contributed by atoms with Crippen LogP contribution in [0.1, 0.15) is 96.8 Å². The van der Waals surface area contributed by atoms with Gasteiger partial charge in [0.2, 0.25) is 0 Å². The molecule has 29 heavy (non-hydrogen) atoms. The standard InChI is InChI=1S/C23H43NO5/c1-5-6-7-8-9-10-11-12-13-14-15-16-20(25)17-23(28)29-21(18-22(26)27)19-24(2,3)4/h21H,5-19H2,1-4H3/p+1. The van der Waals surface area contributed by atoms with E-state index in [0.717, 1.165) is 19.3 Å². The van der Waals surface area contributed by atoms with E-state index in [1.54, 1.807) is 0 Å². The average molecular weight is 415 g/mol. The van der Waals surface area contributed by atoms with E-state index in [2.05, 4.69) is 6.92 Å². The Labute approximate surface area is 177 Å². The zero-order valence-corrected chi connectivity index (χ0v) is 19.2. The van der Waals surface area contributed by atoms with Gasteiger partial charge in [-0.15, -0.1) is 0 Å². The topological polar surface area (TPSA) is 80.7 Å². The van der Waals surface area contributed by atoms with E-state index in [1.807, 2.05) is 21.1 Å². The lowest BCUT2D eigenvalue weighted by Gasteiger charge is -2.28. The summed E-state index contributed by atoms with van der Waals surface area (Å²) in [4.78, 5) is 34.9. The number of carbonyl (C=O) groups excluding carboxylic acids is 2. The molecule has 0 saturated heterocycles. The molecule has 0 aromatic rings. The van der Waals surface area contributed by atoms with Gasteiger partial charge in [0.05, 0.1) is 27.6 Å². The van der Waals surface area contributed by atoms with Crippen LogP contribution in [0, 0.1) is 0 Å². The molecule has 6 heteroatoms. The third-order valence-electron chi connectivity index (χ3n) is 4.85. The predicted molar refractivity (Wildman–Crippen MR) is 116 cm³/mol. The van der Waals surface area contributed by atoms with Crippen molar-refractivity contribution >= 4 is 17.7 Å². The number of unbranched alkanes of at least 4 members (excludes halogenated alkanes) is 10. The van der Waals surface area contributed by atoms with E-state index in [0.29, 0.717) is 17.4 Å². The Morgan fingerprint density at radius 2 is 1.31 bits per heavy atom. The number of carbonyl (C=O) groups is 3. The highest BCUT2D eigenvalue weighted by molar-refractivity contribution is 5.95. The first-order chi connectivity index (χ1) is 13.6. The lowest BCUT2D eigenvalue weighted by atomic mass is 10.0. The second-order valence-electron chi connectivity index (χ2n) is 9.18. The van der Waals surface area contributed by atoms with Crippen LogP contribution in [-0.4, -0.2) is 61.1 Å². The fourth-order valence-electron chi connectivity index (χ4n) is 3.41. The molecule has 0 saturated carbocycles. The van der Waals surface area contributed by atoms with Gasteiger partial charge in [-0.05, 0) is 6.42 Å². The Morgan fingerprint density at radius 1 is 0.828 bits per heavy atom. The molecule has 0 aliphatic rings. The van der Waals surface area contributed by atoms with Crippen molar-refractivity contribution < 1.29 is 28.7 Å². The van der Waals surface area contributed by atoms with E-state index >= 15 is 0 Å². The lowest BCUT2D eigenvalue weighted by Crippen LogP contribution is -2.44. The third kappa shape index (κ3) is 19.7. The van der Waals surface area contributed by atoms with Crippen molar-refractivity contribution in [2.45, 2.75) is 103 Å². The van der Waals surface area contributed by atoms with Gasteiger partial charge in [-0.2, -0.15) is 0 Å². The summed E-state index contributed by atoms with van der Waals surface area (Å²) in [5, 5.41) is 8.98. The number of hydrogen-bond donors (Lipinski definition) is 1. The number of hydrogen-bond acceptors (Lipinski definition) is 4. The normalized spacial score (nSPS) is 12.6. The molecule has 0 amide bonds. The number of Topliss-reactive ketones (excluding diaryl/α,β-unsaturated/α-hetero) is 1. The third-order valence-corrected chi connectivity index (χ3v) is 4.85. The Bertz CT molecular complexity index is 470. The minimum absolute atomic E-state index is 0.120. The van der Waals surface area contributed by atoms with Gasteiger partial charge < -0.3 is 14.3 Å². The highest BCUT2D eigenvalue weighted by Gasteiger charge is 2.25. The summed E-state index contributed by atoms with van der Waals surface area (Å²) in [6, 6.07) is 0. The van der Waals surface area contributed by atoms with Crippen LogP contribution >= 0.6 is 0 Å². The van der Waals surface area contributed by atoms with Crippen molar-refractivity contribution in [1.29, 1.82) is 0 Å². The number of ether oxygens (including phenoxy) is 1. The molecule has 0 aromatic heterocycles. The molecule has 0 rings (SSSR count). The number of ketones is 1. The van der Waals surface area contributed by atoms with Crippen LogP contribution in [0.25, 0.3) is 0 Å². The number of likely N-dealkylation sites (N-methyl/N-ethyl adjacent to an activating group) is 1. The number of rotatable bonds is 19. The van der Waals surface area contributed by atoms with Crippen molar-refractivity contribution in [3.63, 3.8) is 0 Å². The molecule has 0 aliphatic heterocycles. The van der Waals surface area contributed by atoms with Crippen LogP contribution in [0.4, 0.5) is 0 Å². The molecular formula is C23H44NO5+. The zero-order chi connectivity index (χ0) is 22.1. The van der Waals surface area contributed by atoms with Crippen molar-refractivity contribution in [3.05, 3.63) is 0 Å². The Balaban J connectivity index is 3.84. The Morgan fingerprint density at radius 3 is 1.76 bits per heavy atom. The molecule has 0 spiro atoms. The van der Waals surface area contributed by atoms with E-state index in [1.165, 1.54) is 51.4 Å². The molecule has 0 heterocycles. The maximum Gasteiger partial charge on any atom is 0.313 e. The van der Waals surface area contributed by atoms with Gasteiger partial charge in [0.25, 0.3) is 0 Å². The molecule has 1 unspecified atom stereocenters. The van der Waals surface area contributed by atoms with Gasteiger partial charge in [-0.25, -0.2) is 0 Å². The Hall–Kier alpha value is -1.43. The number of quaternary nitrogens is 1. The summed E-state index contributed by atoms with van der Waals surface area (Å²) >= 11 is 0. The lowest BCUT2D eigenvalue weighted by molar-refractivity contribution is -0.873. The highest BCUT2D eigenvalue weighted by atomic mass is 16.5. The largest absolute Gasteiger partial charge is 0.481 e. The summed E-state index contributed by atoms with van der Waals surface area (Å²) in [5.74, 6) is -1.74. The number of carboxylic acids is 1. The average Bonchev–Trinajstić information content (AvgIpc) is 2.57. The van der Waals surface area contributed by atoms with Crippen LogP contribution in [0.3, 0.4) is 0 Å². The molecule has 170 valence electrons. The quantitative estimate of drug-likeness (QED) is 0.143. The summed E-state index contributed by atoms with van der Waals surface area (Å²) in [5.41, 5.74) is 0. The van der Waals surface area contributed by atoms with E-state index in [9.17, 15) is 14.4 Å². The number of nitrogens with zero attached hydrogens (tertiary/aromatic N) is 1. The first-order valence-corrected chi connectivity index (χ1v) is 11.4. The van der Waals surface area contributed by atoms with E-state index < -0.39 is 18.0 Å². The molecule has 0 bridgehead atoms. The van der Waals surface area contributed by atoms with Crippen molar-refractivity contribution in [3.8, 4) is 0 Å². The predicted octanol–water partition coefficient (Wildman–Crippen LogP) is 4.74. The molecular weight excluding hydrogens is 370 g/mol. The molecule has 1 atom stereocenters. The molecule has 0 aromatic carbocycles. The summed E-state index contributed by atoms with van der Waals surface area (Å²) in [7, 11) is 5.71. The van der Waals surface area contributed by atoms with Crippen LogP contribution in [0.2, 0.25) is 0 Å². The van der Waals surface area contributed by atoms with Crippen LogP contribution < -0.4 is 0 Å². The second kappa shape index (κ2) is 16.4. The fraction of sp³-hybridized carbons (Fsp3) is 0.870. The summed E-state index contributed by atoms with van der Waals surface area (Å²) < 4.78 is 5.74. The van der Waals surface area contributed by atoms with Gasteiger partial charge in [0.1, 0.15) is 18.7 Å². The van der Waals surface area contributed by atoms with Gasteiger partial charge in [0, 0.05) is 6.42 Å². The van der Waals surface area contributed by atoms with Crippen LogP contribution in [0.15, 0.2) is 0 Å². The fourth-order valence-corrected chi connectivity index (χ4v) is 3.41. The van der Waals surface area contributed by atoms with Crippen LogP contribution in [0.5, 0.6) is 0 Å². The van der Waals surface area contributed by atoms with Gasteiger partial charge >= 0.3 is 11.9 Å². The minimum atomic E-state index is -1.01. The minimum Gasteiger partial charge on any atom is -0.481 e. The number of aliphatic carboxylic acids is 1. The van der Waals surface area contributed by atoms with Crippen LogP contribution in [-0.2, 0) is 19.1 Å². The van der Waals surface area contributed by atoms with Gasteiger partial charge in [0.15, 0.2) is 6.10 Å². The SMILES string of the molecule is CCCCCCCCCCCCCC(=O)CC(=O)OC(CC(=O)O)C[N+](C)(C)C. The zero-order valence-electron chi connectivity index (χ0n) is 19.2. The van der Waals surface area contributed by atoms with E-state index in [4.69, 9.17) is 9.84 Å². The maximum absolute atomic E-state index is 12.0. The number of esters is 1. The summed E-state index contributed by atoms with van der Waals surface area (Å²) in [6.45, 7) is 2.63. The Kier molecular flexibility index (Phi) is 15.6. The van der Waals surface area contributed by atoms with Crippen molar-refractivity contribution in [2.24, 2.45) is 0 Å². The van der Waals surface area contributed by atoms with Crippen molar-refractivity contribution in [1.82, 2.24) is 0 Å². The molecule has 0 fully saturated rings. The van der Waals surface area contributed by atoms with Gasteiger partial charge in [-0.3, -0.25) is 14.4 Å². The monoisotopic (exact) mass is 414 g/mol. The smallest absolute Gasteiger partial charge is 0.313 e. The molecule has 0 aliphatic carbocycles. The summed E-state index contributed by atoms with van der Waals surface area (Å²) in [6.07, 6.45) is 12.6. The second-order valence-corrected chi connectivity index (χ2v) is 9.18. The molecule has 1 N–H and O–H groups in total. The maximum atomic E-state index is 12.0. The highest BCUT2D eigenvalue weighted by Crippen LogP contribution is 2.13. The molecule has 6 nitrogen and oxygen atoms in total.